The van der Waals surface area contributed by atoms with E-state index in [4.69, 9.17) is 28.9 Å². The van der Waals surface area contributed by atoms with Crippen LogP contribution in [0.5, 0.6) is 0 Å². The first-order valence-electron chi connectivity index (χ1n) is 4.82. The van der Waals surface area contributed by atoms with Gasteiger partial charge in [-0.1, -0.05) is 36.5 Å². The topological polar surface area (TPSA) is 63.8 Å². The first kappa shape index (κ1) is 12.5. The molecule has 0 aliphatic rings. The minimum Gasteiger partial charge on any atom is -0.378 e. The average Bonchev–Trinajstić information content (AvgIpc) is 2.22. The molecule has 0 saturated carbocycles. The van der Waals surface area contributed by atoms with Gasteiger partial charge in [-0.05, 0) is 6.42 Å². The van der Waals surface area contributed by atoms with E-state index in [1.54, 1.807) is 6.07 Å². The monoisotopic (exact) mass is 248 g/mol. The number of rotatable bonds is 5. The van der Waals surface area contributed by atoms with Crippen molar-refractivity contribution in [3.63, 3.8) is 0 Å². The van der Waals surface area contributed by atoms with Gasteiger partial charge in [-0.2, -0.15) is 0 Å². The molecule has 1 heterocycles. The number of hydrogen-bond acceptors (Lipinski definition) is 4. The summed E-state index contributed by atoms with van der Waals surface area (Å²) in [6.45, 7) is 2.65. The van der Waals surface area contributed by atoms with E-state index in [1.165, 1.54) is 0 Å². The largest absolute Gasteiger partial charge is 0.378 e. The van der Waals surface area contributed by atoms with E-state index in [0.29, 0.717) is 22.5 Å². The molecule has 0 bridgehead atoms. The van der Waals surface area contributed by atoms with Crippen LogP contribution in [0.15, 0.2) is 6.07 Å². The number of anilines is 1. The van der Waals surface area contributed by atoms with E-state index >= 15 is 0 Å². The second-order valence-electron chi connectivity index (χ2n) is 3.24. The summed E-state index contributed by atoms with van der Waals surface area (Å²) in [5, 5.41) is 11.2. The minimum absolute atomic E-state index is 0.188. The molecule has 3 N–H and O–H groups in total. The van der Waals surface area contributed by atoms with Crippen LogP contribution in [-0.4, -0.2) is 22.8 Å². The van der Waals surface area contributed by atoms with Gasteiger partial charge in [-0.3, -0.25) is 0 Å². The summed E-state index contributed by atoms with van der Waals surface area (Å²) in [5.74, 6) is 0. The Bertz CT molecular complexity index is 319. The third-order valence-corrected chi connectivity index (χ3v) is 2.46. The summed E-state index contributed by atoms with van der Waals surface area (Å²) in [7, 11) is 0. The van der Waals surface area contributed by atoms with Crippen molar-refractivity contribution in [2.45, 2.75) is 25.8 Å². The number of halogens is 2. The number of nitrogens with zero attached hydrogens (tertiary/aromatic N) is 2. The van der Waals surface area contributed by atoms with Gasteiger partial charge in [-0.25, -0.2) is 0 Å². The van der Waals surface area contributed by atoms with Crippen LogP contribution in [0.2, 0.25) is 10.3 Å². The fourth-order valence-corrected chi connectivity index (χ4v) is 1.57. The van der Waals surface area contributed by atoms with Crippen molar-refractivity contribution in [1.82, 2.24) is 10.2 Å². The summed E-state index contributed by atoms with van der Waals surface area (Å²) in [6, 6.07) is 1.84. The molecular weight excluding hydrogens is 235 g/mol. The normalized spacial score (nSPS) is 12.5. The molecule has 1 atom stereocenters. The van der Waals surface area contributed by atoms with Gasteiger partial charge in [0.25, 0.3) is 0 Å². The Morgan fingerprint density at radius 1 is 1.47 bits per heavy atom. The van der Waals surface area contributed by atoms with Crippen LogP contribution < -0.4 is 11.1 Å². The fraction of sp³-hybridized carbons (Fsp3) is 0.556. The second kappa shape index (κ2) is 6.10. The first-order chi connectivity index (χ1) is 7.17. The Kier molecular flexibility index (Phi) is 5.08. The third-order valence-electron chi connectivity index (χ3n) is 2.00. The molecule has 15 heavy (non-hydrogen) atoms. The molecule has 1 rings (SSSR count). The van der Waals surface area contributed by atoms with E-state index in [-0.39, 0.29) is 6.04 Å². The Labute approximate surface area is 99.2 Å². The van der Waals surface area contributed by atoms with Crippen LogP contribution in [0.1, 0.15) is 19.8 Å². The Morgan fingerprint density at radius 3 is 2.80 bits per heavy atom. The molecule has 0 radical (unpaired) electrons. The summed E-state index contributed by atoms with van der Waals surface area (Å²) < 4.78 is 0. The maximum atomic E-state index is 5.86. The van der Waals surface area contributed by atoms with Crippen LogP contribution in [0.25, 0.3) is 0 Å². The summed E-state index contributed by atoms with van der Waals surface area (Å²) in [5.41, 5.74) is 6.30. The number of nitrogens with two attached hydrogens (primary N) is 1. The predicted octanol–water partition coefficient (Wildman–Crippen LogP) is 2.32. The van der Waals surface area contributed by atoms with E-state index in [9.17, 15) is 0 Å². The first-order valence-corrected chi connectivity index (χ1v) is 5.58. The number of aromatic nitrogens is 2. The van der Waals surface area contributed by atoms with Gasteiger partial charge in [0.2, 0.25) is 0 Å². The molecule has 84 valence electrons. The lowest BCUT2D eigenvalue weighted by Crippen LogP contribution is -2.28. The van der Waals surface area contributed by atoms with Crippen molar-refractivity contribution in [2.24, 2.45) is 5.73 Å². The van der Waals surface area contributed by atoms with Crippen molar-refractivity contribution in [2.75, 3.05) is 11.9 Å². The Hall–Kier alpha value is -0.580. The molecule has 1 aromatic rings. The molecular formula is C9H14Cl2N4. The Morgan fingerprint density at radius 2 is 2.20 bits per heavy atom. The highest BCUT2D eigenvalue weighted by molar-refractivity contribution is 6.33. The van der Waals surface area contributed by atoms with Crippen LogP contribution in [0, 0.1) is 0 Å². The van der Waals surface area contributed by atoms with Crippen molar-refractivity contribution in [1.29, 1.82) is 0 Å². The lowest BCUT2D eigenvalue weighted by atomic mass is 10.1. The smallest absolute Gasteiger partial charge is 0.174 e. The zero-order chi connectivity index (χ0) is 11.3. The van der Waals surface area contributed by atoms with Crippen LogP contribution >= 0.6 is 23.2 Å². The van der Waals surface area contributed by atoms with Crippen LogP contribution in [0.3, 0.4) is 0 Å². The van der Waals surface area contributed by atoms with Crippen LogP contribution in [-0.2, 0) is 0 Å². The van der Waals surface area contributed by atoms with Gasteiger partial charge in [0, 0.05) is 18.7 Å². The zero-order valence-corrected chi connectivity index (χ0v) is 10.0. The highest BCUT2D eigenvalue weighted by Crippen LogP contribution is 2.22. The fourth-order valence-electron chi connectivity index (χ4n) is 1.27. The van der Waals surface area contributed by atoms with Gasteiger partial charge in [0.05, 0.1) is 5.69 Å². The quantitative estimate of drug-likeness (QED) is 0.840. The van der Waals surface area contributed by atoms with Crippen molar-refractivity contribution in [3.05, 3.63) is 16.4 Å². The van der Waals surface area contributed by atoms with Gasteiger partial charge >= 0.3 is 0 Å². The van der Waals surface area contributed by atoms with E-state index in [2.05, 4.69) is 22.4 Å². The molecule has 0 aliphatic carbocycles. The molecule has 4 nitrogen and oxygen atoms in total. The molecule has 0 aromatic carbocycles. The maximum Gasteiger partial charge on any atom is 0.174 e. The minimum atomic E-state index is 0.188. The molecule has 6 heteroatoms. The van der Waals surface area contributed by atoms with Crippen LogP contribution in [0.4, 0.5) is 5.69 Å². The van der Waals surface area contributed by atoms with Gasteiger partial charge < -0.3 is 11.1 Å². The number of hydrogen-bond donors (Lipinski definition) is 2. The lowest BCUT2D eigenvalue weighted by molar-refractivity contribution is 0.648. The van der Waals surface area contributed by atoms with Gasteiger partial charge in [-0.15, -0.1) is 10.2 Å². The summed E-state index contributed by atoms with van der Waals surface area (Å²) in [4.78, 5) is 0. The van der Waals surface area contributed by atoms with E-state index < -0.39 is 0 Å². The van der Waals surface area contributed by atoms with Crippen molar-refractivity contribution in [3.8, 4) is 0 Å². The van der Waals surface area contributed by atoms with Crippen molar-refractivity contribution >= 4 is 28.9 Å². The summed E-state index contributed by atoms with van der Waals surface area (Å²) >= 11 is 11.6. The predicted molar refractivity (Wildman–Crippen MR) is 63.4 cm³/mol. The van der Waals surface area contributed by atoms with Gasteiger partial charge in [0.15, 0.2) is 10.3 Å². The third kappa shape index (κ3) is 3.81. The van der Waals surface area contributed by atoms with E-state index in [0.717, 1.165) is 12.8 Å². The highest BCUT2D eigenvalue weighted by Gasteiger charge is 2.09. The molecule has 0 fully saturated rings. The second-order valence-corrected chi connectivity index (χ2v) is 3.98. The number of nitrogens with one attached hydrogen (secondary N) is 1. The highest BCUT2D eigenvalue weighted by atomic mass is 35.5. The standard InChI is InChI=1S/C9H14Cl2N4/c1-2-3-6(5-12)13-7-4-8(10)14-15-9(7)11/h4,6H,2-3,5,12H2,1H3,(H,13,14). The maximum absolute atomic E-state index is 5.86. The van der Waals surface area contributed by atoms with Crippen molar-refractivity contribution < 1.29 is 0 Å². The molecule has 0 saturated heterocycles. The zero-order valence-electron chi connectivity index (χ0n) is 8.50. The molecule has 0 spiro atoms. The van der Waals surface area contributed by atoms with E-state index in [1.807, 2.05) is 0 Å². The summed E-state index contributed by atoms with van der Waals surface area (Å²) in [6.07, 6.45) is 2.03. The Balaban J connectivity index is 2.73. The molecule has 0 aliphatic heterocycles. The average molecular weight is 249 g/mol. The van der Waals surface area contributed by atoms with Gasteiger partial charge in [0.1, 0.15) is 0 Å². The molecule has 0 amide bonds. The molecule has 1 aromatic heterocycles. The molecule has 1 unspecified atom stereocenters. The SMILES string of the molecule is CCCC(CN)Nc1cc(Cl)nnc1Cl. The lowest BCUT2D eigenvalue weighted by Gasteiger charge is -2.17.